The van der Waals surface area contributed by atoms with Gasteiger partial charge in [0.2, 0.25) is 0 Å². The summed E-state index contributed by atoms with van der Waals surface area (Å²) in [6.07, 6.45) is 1.62. The fourth-order valence-corrected chi connectivity index (χ4v) is 2.14. The Balaban J connectivity index is 2.12. The lowest BCUT2D eigenvalue weighted by Crippen LogP contribution is -2.57. The van der Waals surface area contributed by atoms with E-state index in [1.165, 1.54) is 6.20 Å². The maximum absolute atomic E-state index is 10.7. The molecule has 1 aromatic rings. The monoisotopic (exact) mass is 251 g/mol. The van der Waals surface area contributed by atoms with E-state index in [0.717, 1.165) is 0 Å². The molecular weight excluding hydrogens is 234 g/mol. The van der Waals surface area contributed by atoms with Crippen molar-refractivity contribution >= 4 is 11.5 Å². The number of nitrogens with zero attached hydrogens (tertiary/aromatic N) is 2. The van der Waals surface area contributed by atoms with E-state index in [0.29, 0.717) is 17.8 Å². The molecule has 1 saturated carbocycles. The molecule has 2 unspecified atom stereocenters. The molecule has 1 fully saturated rings. The zero-order chi connectivity index (χ0) is 13.5. The van der Waals surface area contributed by atoms with Gasteiger partial charge in [-0.3, -0.25) is 10.1 Å². The second-order valence-corrected chi connectivity index (χ2v) is 5.38. The first kappa shape index (κ1) is 12.8. The maximum atomic E-state index is 10.7. The van der Waals surface area contributed by atoms with Gasteiger partial charge < -0.3 is 10.4 Å². The van der Waals surface area contributed by atoms with Crippen molar-refractivity contribution in [2.45, 2.75) is 39.3 Å². The summed E-state index contributed by atoms with van der Waals surface area (Å²) >= 11 is 0. The summed E-state index contributed by atoms with van der Waals surface area (Å²) in [5.74, 6) is 0.614. The number of rotatable bonds is 3. The number of aliphatic hydroxyl groups is 1. The van der Waals surface area contributed by atoms with E-state index in [9.17, 15) is 15.2 Å². The Labute approximate surface area is 105 Å². The minimum atomic E-state index is -0.441. The highest BCUT2D eigenvalue weighted by Crippen LogP contribution is 2.42. The van der Waals surface area contributed by atoms with Crippen LogP contribution in [0.5, 0.6) is 0 Å². The molecule has 1 aromatic heterocycles. The second kappa shape index (κ2) is 4.20. The maximum Gasteiger partial charge on any atom is 0.290 e. The largest absolute Gasteiger partial charge is 0.392 e. The van der Waals surface area contributed by atoms with Crippen LogP contribution in [-0.2, 0) is 0 Å². The van der Waals surface area contributed by atoms with Gasteiger partial charge >= 0.3 is 0 Å². The molecule has 0 aromatic carbocycles. The van der Waals surface area contributed by atoms with Crippen LogP contribution in [0.15, 0.2) is 12.3 Å². The van der Waals surface area contributed by atoms with E-state index in [2.05, 4.69) is 10.3 Å². The van der Waals surface area contributed by atoms with Crippen molar-refractivity contribution in [3.8, 4) is 0 Å². The van der Waals surface area contributed by atoms with Crippen LogP contribution in [0, 0.1) is 22.5 Å². The van der Waals surface area contributed by atoms with Gasteiger partial charge in [-0.2, -0.15) is 0 Å². The molecule has 98 valence electrons. The zero-order valence-electron chi connectivity index (χ0n) is 10.7. The number of nitrogens with one attached hydrogen (secondary N) is 1. The fraction of sp³-hybridized carbons (Fsp3) is 0.583. The van der Waals surface area contributed by atoms with Crippen molar-refractivity contribution in [3.63, 3.8) is 0 Å². The van der Waals surface area contributed by atoms with Crippen LogP contribution in [-0.4, -0.2) is 27.2 Å². The highest BCUT2D eigenvalue weighted by atomic mass is 16.6. The van der Waals surface area contributed by atoms with Crippen LogP contribution in [0.4, 0.5) is 11.5 Å². The summed E-state index contributed by atoms with van der Waals surface area (Å²) < 4.78 is 0. The highest BCUT2D eigenvalue weighted by molar-refractivity contribution is 5.48. The predicted octanol–water partition coefficient (Wildman–Crippen LogP) is 1.87. The summed E-state index contributed by atoms with van der Waals surface area (Å²) in [4.78, 5) is 14.3. The van der Waals surface area contributed by atoms with Crippen molar-refractivity contribution in [1.29, 1.82) is 0 Å². The van der Waals surface area contributed by atoms with Gasteiger partial charge in [-0.1, -0.05) is 13.8 Å². The summed E-state index contributed by atoms with van der Waals surface area (Å²) in [7, 11) is 0. The lowest BCUT2D eigenvalue weighted by atomic mass is 9.64. The Morgan fingerprint density at radius 1 is 1.61 bits per heavy atom. The molecule has 0 bridgehead atoms. The standard InChI is InChI=1S/C12H17N3O3/c1-7-4-11(13-6-8(7)15(17)18)14-9-5-10(16)12(9,2)3/h4,6,9-10,16H,5H2,1-3H3,(H,13,14). The molecule has 2 rings (SSSR count). The smallest absolute Gasteiger partial charge is 0.290 e. The molecule has 1 aliphatic rings. The molecule has 0 spiro atoms. The third-order valence-corrected chi connectivity index (χ3v) is 3.82. The summed E-state index contributed by atoms with van der Waals surface area (Å²) in [5.41, 5.74) is 0.404. The second-order valence-electron chi connectivity index (χ2n) is 5.38. The van der Waals surface area contributed by atoms with Crippen molar-refractivity contribution in [2.75, 3.05) is 5.32 Å². The van der Waals surface area contributed by atoms with Crippen LogP contribution in [0.3, 0.4) is 0 Å². The van der Waals surface area contributed by atoms with Gasteiger partial charge in [-0.15, -0.1) is 0 Å². The first-order valence-electron chi connectivity index (χ1n) is 5.88. The fourth-order valence-electron chi connectivity index (χ4n) is 2.14. The Morgan fingerprint density at radius 2 is 2.28 bits per heavy atom. The van der Waals surface area contributed by atoms with E-state index < -0.39 is 4.92 Å². The topological polar surface area (TPSA) is 88.3 Å². The van der Waals surface area contributed by atoms with Crippen molar-refractivity contribution in [3.05, 3.63) is 27.9 Å². The summed E-state index contributed by atoms with van der Waals surface area (Å²) in [6, 6.07) is 1.81. The van der Waals surface area contributed by atoms with E-state index in [1.54, 1.807) is 13.0 Å². The first-order valence-corrected chi connectivity index (χ1v) is 5.88. The van der Waals surface area contributed by atoms with E-state index in [4.69, 9.17) is 0 Å². The molecule has 0 saturated heterocycles. The molecule has 0 aliphatic heterocycles. The lowest BCUT2D eigenvalue weighted by molar-refractivity contribution is -0.385. The lowest BCUT2D eigenvalue weighted by Gasteiger charge is -2.49. The predicted molar refractivity (Wildman–Crippen MR) is 67.4 cm³/mol. The highest BCUT2D eigenvalue weighted by Gasteiger charge is 2.47. The Kier molecular flexibility index (Phi) is 2.98. The summed E-state index contributed by atoms with van der Waals surface area (Å²) in [5, 5.41) is 23.5. The van der Waals surface area contributed by atoms with Crippen LogP contribution in [0.2, 0.25) is 0 Å². The molecule has 0 radical (unpaired) electrons. The van der Waals surface area contributed by atoms with Crippen molar-refractivity contribution < 1.29 is 10.0 Å². The Morgan fingerprint density at radius 3 is 2.72 bits per heavy atom. The van der Waals surface area contributed by atoms with Gasteiger partial charge in [0, 0.05) is 17.0 Å². The minimum absolute atomic E-state index is 0.0217. The first-order chi connectivity index (χ1) is 8.32. The quantitative estimate of drug-likeness (QED) is 0.632. The van der Waals surface area contributed by atoms with Gasteiger partial charge in [-0.05, 0) is 19.4 Å². The number of aryl methyl sites for hydroxylation is 1. The number of aromatic nitrogens is 1. The Bertz CT molecular complexity index is 487. The molecule has 18 heavy (non-hydrogen) atoms. The molecule has 2 atom stereocenters. The number of nitro groups is 1. The van der Waals surface area contributed by atoms with E-state index in [-0.39, 0.29) is 23.2 Å². The van der Waals surface area contributed by atoms with E-state index >= 15 is 0 Å². The van der Waals surface area contributed by atoms with Gasteiger partial charge in [0.05, 0.1) is 11.0 Å². The zero-order valence-corrected chi connectivity index (χ0v) is 10.7. The molecule has 6 heteroatoms. The molecule has 2 N–H and O–H groups in total. The molecule has 1 aliphatic carbocycles. The number of pyridine rings is 1. The summed E-state index contributed by atoms with van der Waals surface area (Å²) in [6.45, 7) is 5.65. The average molecular weight is 251 g/mol. The minimum Gasteiger partial charge on any atom is -0.392 e. The third kappa shape index (κ3) is 2.03. The van der Waals surface area contributed by atoms with Gasteiger partial charge in [0.15, 0.2) is 0 Å². The molecule has 0 amide bonds. The van der Waals surface area contributed by atoms with Gasteiger partial charge in [-0.25, -0.2) is 4.98 Å². The van der Waals surface area contributed by atoms with Crippen LogP contribution in [0.1, 0.15) is 25.8 Å². The average Bonchev–Trinajstić information content (AvgIpc) is 2.28. The van der Waals surface area contributed by atoms with E-state index in [1.807, 2.05) is 13.8 Å². The normalized spacial score (nSPS) is 25.3. The molecule has 1 heterocycles. The molecule has 6 nitrogen and oxygen atoms in total. The number of hydrogen-bond donors (Lipinski definition) is 2. The number of aliphatic hydroxyl groups excluding tert-OH is 1. The van der Waals surface area contributed by atoms with Crippen molar-refractivity contribution in [1.82, 2.24) is 4.98 Å². The van der Waals surface area contributed by atoms with Crippen LogP contribution >= 0.6 is 0 Å². The Hall–Kier alpha value is -1.69. The third-order valence-electron chi connectivity index (χ3n) is 3.82. The SMILES string of the molecule is Cc1cc(NC2CC(O)C2(C)C)ncc1[N+](=O)[O-]. The van der Waals surface area contributed by atoms with Crippen molar-refractivity contribution in [2.24, 2.45) is 5.41 Å². The van der Waals surface area contributed by atoms with Gasteiger partial charge in [0.1, 0.15) is 12.0 Å². The van der Waals surface area contributed by atoms with Crippen LogP contribution in [0.25, 0.3) is 0 Å². The van der Waals surface area contributed by atoms with Gasteiger partial charge in [0.25, 0.3) is 5.69 Å². The van der Waals surface area contributed by atoms with Crippen LogP contribution < -0.4 is 5.32 Å². The number of hydrogen-bond acceptors (Lipinski definition) is 5. The number of anilines is 1. The molecular formula is C12H17N3O3.